The molecular formula is C10H11N3O. The Morgan fingerprint density at radius 1 is 1.57 bits per heavy atom. The molecule has 0 aromatic heterocycles. The van der Waals surface area contributed by atoms with Crippen LogP contribution in [0.5, 0.6) is 0 Å². The SMILES string of the molecule is CN1N=Cc2c(N)cccc2C1C=O. The maximum absolute atomic E-state index is 10.9. The predicted molar refractivity (Wildman–Crippen MR) is 55.0 cm³/mol. The Morgan fingerprint density at radius 3 is 3.07 bits per heavy atom. The molecule has 72 valence electrons. The number of rotatable bonds is 1. The number of hydrazone groups is 1. The fraction of sp³-hybridized carbons (Fsp3) is 0.200. The molecule has 0 fully saturated rings. The first kappa shape index (κ1) is 8.74. The molecule has 0 bridgehead atoms. The van der Waals surface area contributed by atoms with Crippen molar-refractivity contribution >= 4 is 18.2 Å². The van der Waals surface area contributed by atoms with E-state index in [2.05, 4.69) is 5.10 Å². The minimum absolute atomic E-state index is 0.321. The molecule has 4 heteroatoms. The zero-order valence-electron chi connectivity index (χ0n) is 7.84. The molecule has 1 aromatic rings. The smallest absolute Gasteiger partial charge is 0.148 e. The zero-order chi connectivity index (χ0) is 10.1. The normalized spacial score (nSPS) is 19.2. The lowest BCUT2D eigenvalue weighted by Crippen LogP contribution is -2.25. The second kappa shape index (κ2) is 3.14. The molecule has 0 amide bonds. The van der Waals surface area contributed by atoms with E-state index in [-0.39, 0.29) is 6.04 Å². The standard InChI is InChI=1S/C10H11N3O/c1-13-10(6-14)7-3-2-4-9(11)8(7)5-12-13/h2-6,10H,11H2,1H3. The van der Waals surface area contributed by atoms with Crippen molar-refractivity contribution in [2.24, 2.45) is 5.10 Å². The number of likely N-dealkylation sites (N-methyl/N-ethyl adjacent to an activating group) is 1. The Bertz CT molecular complexity index is 400. The monoisotopic (exact) mass is 189 g/mol. The third-order valence-corrected chi connectivity index (χ3v) is 2.39. The lowest BCUT2D eigenvalue weighted by molar-refractivity contribution is -0.112. The predicted octanol–water partition coefficient (Wildman–Crippen LogP) is 0.788. The Morgan fingerprint density at radius 2 is 2.36 bits per heavy atom. The largest absolute Gasteiger partial charge is 0.398 e. The molecular weight excluding hydrogens is 178 g/mol. The van der Waals surface area contributed by atoms with Crippen molar-refractivity contribution in [1.82, 2.24) is 5.01 Å². The van der Waals surface area contributed by atoms with E-state index in [0.29, 0.717) is 5.69 Å². The van der Waals surface area contributed by atoms with Crippen molar-refractivity contribution in [2.75, 3.05) is 12.8 Å². The van der Waals surface area contributed by atoms with Crippen LogP contribution < -0.4 is 5.73 Å². The highest BCUT2D eigenvalue weighted by atomic mass is 16.1. The van der Waals surface area contributed by atoms with Gasteiger partial charge in [0.2, 0.25) is 0 Å². The van der Waals surface area contributed by atoms with E-state index in [9.17, 15) is 4.79 Å². The van der Waals surface area contributed by atoms with Crippen LogP contribution >= 0.6 is 0 Å². The Labute approximate surface area is 82.0 Å². The summed E-state index contributed by atoms with van der Waals surface area (Å²) in [5, 5.41) is 5.70. The molecule has 1 atom stereocenters. The van der Waals surface area contributed by atoms with E-state index in [1.807, 2.05) is 12.1 Å². The zero-order valence-corrected chi connectivity index (χ0v) is 7.84. The van der Waals surface area contributed by atoms with Crippen molar-refractivity contribution < 1.29 is 4.79 Å². The molecule has 0 aliphatic carbocycles. The lowest BCUT2D eigenvalue weighted by atomic mass is 9.99. The van der Waals surface area contributed by atoms with Gasteiger partial charge in [-0.05, 0) is 11.6 Å². The fourth-order valence-corrected chi connectivity index (χ4v) is 1.59. The van der Waals surface area contributed by atoms with Gasteiger partial charge < -0.3 is 10.5 Å². The number of nitrogens with zero attached hydrogens (tertiary/aromatic N) is 2. The first-order chi connectivity index (χ1) is 6.74. The summed E-state index contributed by atoms with van der Waals surface area (Å²) in [5.74, 6) is 0. The van der Waals surface area contributed by atoms with E-state index in [4.69, 9.17) is 5.73 Å². The number of nitrogens with two attached hydrogens (primary N) is 1. The number of carbonyl (C=O) groups is 1. The number of anilines is 1. The summed E-state index contributed by atoms with van der Waals surface area (Å²) in [6.07, 6.45) is 2.55. The molecule has 2 rings (SSSR count). The van der Waals surface area contributed by atoms with Crippen molar-refractivity contribution in [3.8, 4) is 0 Å². The van der Waals surface area contributed by atoms with Crippen LogP contribution in [0.15, 0.2) is 23.3 Å². The summed E-state index contributed by atoms with van der Waals surface area (Å²) < 4.78 is 0. The Kier molecular flexibility index (Phi) is 1.96. The number of hydrogen-bond acceptors (Lipinski definition) is 4. The average Bonchev–Trinajstić information content (AvgIpc) is 2.18. The van der Waals surface area contributed by atoms with Crippen LogP contribution in [0.4, 0.5) is 5.69 Å². The van der Waals surface area contributed by atoms with Crippen LogP contribution in [-0.4, -0.2) is 24.6 Å². The summed E-state index contributed by atoms with van der Waals surface area (Å²) >= 11 is 0. The third-order valence-electron chi connectivity index (χ3n) is 2.39. The lowest BCUT2D eigenvalue weighted by Gasteiger charge is -2.26. The number of aldehydes is 1. The van der Waals surface area contributed by atoms with Gasteiger partial charge in [0.25, 0.3) is 0 Å². The molecule has 4 nitrogen and oxygen atoms in total. The molecule has 1 aromatic carbocycles. The Hall–Kier alpha value is -1.84. The molecule has 1 heterocycles. The summed E-state index contributed by atoms with van der Waals surface area (Å²) in [6.45, 7) is 0. The van der Waals surface area contributed by atoms with Crippen molar-refractivity contribution in [2.45, 2.75) is 6.04 Å². The molecule has 0 radical (unpaired) electrons. The van der Waals surface area contributed by atoms with Crippen molar-refractivity contribution in [3.63, 3.8) is 0 Å². The molecule has 1 aliphatic heterocycles. The van der Waals surface area contributed by atoms with Crippen LogP contribution in [0.25, 0.3) is 0 Å². The summed E-state index contributed by atoms with van der Waals surface area (Å²) in [5.41, 5.74) is 8.20. The van der Waals surface area contributed by atoms with Gasteiger partial charge in [-0.1, -0.05) is 12.1 Å². The highest BCUT2D eigenvalue weighted by Crippen LogP contribution is 2.27. The summed E-state index contributed by atoms with van der Waals surface area (Å²) in [6, 6.07) is 5.22. The minimum atomic E-state index is -0.321. The fourth-order valence-electron chi connectivity index (χ4n) is 1.59. The molecule has 0 spiro atoms. The molecule has 14 heavy (non-hydrogen) atoms. The maximum Gasteiger partial charge on any atom is 0.148 e. The van der Waals surface area contributed by atoms with Gasteiger partial charge in [-0.25, -0.2) is 0 Å². The van der Waals surface area contributed by atoms with Gasteiger partial charge in [0, 0.05) is 18.3 Å². The van der Waals surface area contributed by atoms with Gasteiger partial charge in [0.1, 0.15) is 12.3 Å². The van der Waals surface area contributed by atoms with Gasteiger partial charge >= 0.3 is 0 Å². The van der Waals surface area contributed by atoms with E-state index in [1.165, 1.54) is 0 Å². The topological polar surface area (TPSA) is 58.7 Å². The van der Waals surface area contributed by atoms with Gasteiger partial charge in [0.05, 0.1) is 6.21 Å². The number of benzene rings is 1. The van der Waals surface area contributed by atoms with Crippen LogP contribution in [0.1, 0.15) is 17.2 Å². The first-order valence-electron chi connectivity index (χ1n) is 4.34. The van der Waals surface area contributed by atoms with Crippen molar-refractivity contribution in [1.29, 1.82) is 0 Å². The van der Waals surface area contributed by atoms with E-state index in [0.717, 1.165) is 17.4 Å². The van der Waals surface area contributed by atoms with Gasteiger partial charge in [-0.15, -0.1) is 0 Å². The van der Waals surface area contributed by atoms with Crippen LogP contribution in [0.3, 0.4) is 0 Å². The maximum atomic E-state index is 10.9. The number of nitrogen functional groups attached to an aromatic ring is 1. The average molecular weight is 189 g/mol. The molecule has 1 unspecified atom stereocenters. The van der Waals surface area contributed by atoms with Crippen LogP contribution in [0.2, 0.25) is 0 Å². The quantitative estimate of drug-likeness (QED) is 0.525. The van der Waals surface area contributed by atoms with Crippen molar-refractivity contribution in [3.05, 3.63) is 29.3 Å². The number of carbonyl (C=O) groups excluding carboxylic acids is 1. The number of hydrogen-bond donors (Lipinski definition) is 1. The third kappa shape index (κ3) is 1.16. The van der Waals surface area contributed by atoms with Gasteiger partial charge in [0.15, 0.2) is 0 Å². The molecule has 0 saturated heterocycles. The summed E-state index contributed by atoms with van der Waals surface area (Å²) in [4.78, 5) is 10.9. The van der Waals surface area contributed by atoms with Gasteiger partial charge in [-0.3, -0.25) is 5.01 Å². The Balaban J connectivity index is 2.59. The van der Waals surface area contributed by atoms with E-state index in [1.54, 1.807) is 24.3 Å². The van der Waals surface area contributed by atoms with Crippen LogP contribution in [0, 0.1) is 0 Å². The first-order valence-corrected chi connectivity index (χ1v) is 4.34. The van der Waals surface area contributed by atoms with E-state index < -0.39 is 0 Å². The van der Waals surface area contributed by atoms with Crippen LogP contribution in [-0.2, 0) is 4.79 Å². The second-order valence-electron chi connectivity index (χ2n) is 3.25. The minimum Gasteiger partial charge on any atom is -0.398 e. The molecule has 2 N–H and O–H groups in total. The highest BCUT2D eigenvalue weighted by Gasteiger charge is 2.22. The van der Waals surface area contributed by atoms with E-state index >= 15 is 0 Å². The summed E-state index contributed by atoms with van der Waals surface area (Å²) in [7, 11) is 1.77. The van der Waals surface area contributed by atoms with Gasteiger partial charge in [-0.2, -0.15) is 5.10 Å². The molecule has 1 aliphatic rings. The highest BCUT2D eigenvalue weighted by molar-refractivity contribution is 5.91. The second-order valence-corrected chi connectivity index (χ2v) is 3.25. The molecule has 0 saturated carbocycles. The number of fused-ring (bicyclic) bond motifs is 1.